The first-order valence-corrected chi connectivity index (χ1v) is 6.48. The van der Waals surface area contributed by atoms with E-state index >= 15 is 0 Å². The molecule has 100 valence electrons. The zero-order chi connectivity index (χ0) is 14.3. The maximum absolute atomic E-state index is 12.5. The van der Waals surface area contributed by atoms with Gasteiger partial charge in [-0.15, -0.1) is 0 Å². The summed E-state index contributed by atoms with van der Waals surface area (Å²) in [6.45, 7) is 0. The van der Waals surface area contributed by atoms with E-state index in [-0.39, 0.29) is 27.3 Å². The van der Waals surface area contributed by atoms with E-state index in [0.717, 1.165) is 5.39 Å². The van der Waals surface area contributed by atoms with Crippen molar-refractivity contribution in [2.45, 2.75) is 0 Å². The lowest BCUT2D eigenvalue weighted by atomic mass is 10.2. The molecule has 1 aromatic carbocycles. The molecule has 3 aromatic rings. The van der Waals surface area contributed by atoms with Gasteiger partial charge in [-0.3, -0.25) is 9.36 Å². The monoisotopic (exact) mass is 306 g/mol. The van der Waals surface area contributed by atoms with Crippen molar-refractivity contribution in [3.63, 3.8) is 0 Å². The van der Waals surface area contributed by atoms with Crippen LogP contribution in [0.2, 0.25) is 10.0 Å². The van der Waals surface area contributed by atoms with Crippen LogP contribution >= 0.6 is 23.2 Å². The fraction of sp³-hybridized carbons (Fsp3) is 0. The molecule has 2 heterocycles. The number of hydrogen-bond acceptors (Lipinski definition) is 3. The Balaban J connectivity index is 2.13. The number of carbonyl (C=O) groups excluding carboxylic acids is 1. The highest BCUT2D eigenvalue weighted by molar-refractivity contribution is 6.37. The molecule has 0 aliphatic carbocycles. The predicted molar refractivity (Wildman–Crippen MR) is 77.6 cm³/mol. The number of phenolic OH excluding ortho intramolecular Hbond substituents is 1. The van der Waals surface area contributed by atoms with E-state index in [2.05, 4.69) is 4.98 Å². The van der Waals surface area contributed by atoms with E-state index in [1.807, 2.05) is 6.07 Å². The molecule has 0 saturated carbocycles. The Morgan fingerprint density at radius 2 is 1.90 bits per heavy atom. The summed E-state index contributed by atoms with van der Waals surface area (Å²) in [6, 6.07) is 8.21. The summed E-state index contributed by atoms with van der Waals surface area (Å²) in [5, 5.41) is 10.4. The van der Waals surface area contributed by atoms with Crippen LogP contribution in [0.5, 0.6) is 5.75 Å². The van der Waals surface area contributed by atoms with Crippen molar-refractivity contribution in [3.8, 4) is 5.75 Å². The van der Waals surface area contributed by atoms with Crippen LogP contribution in [-0.2, 0) is 0 Å². The standard InChI is InChI=1S/C14H8Cl2N2O2/c15-10-6-9(7-11(16)12(10)19)14(20)18-5-3-8-2-1-4-17-13(8)18/h1-7,19H. The van der Waals surface area contributed by atoms with Crippen LogP contribution in [0.15, 0.2) is 42.7 Å². The normalized spacial score (nSPS) is 10.9. The number of carbonyl (C=O) groups is 1. The average Bonchev–Trinajstić information content (AvgIpc) is 2.87. The van der Waals surface area contributed by atoms with Gasteiger partial charge in [0.1, 0.15) is 5.65 Å². The summed E-state index contributed by atoms with van der Waals surface area (Å²) in [5.74, 6) is -0.553. The first-order valence-electron chi connectivity index (χ1n) is 5.72. The highest BCUT2D eigenvalue weighted by Gasteiger charge is 2.15. The van der Waals surface area contributed by atoms with Gasteiger partial charge in [-0.2, -0.15) is 0 Å². The minimum atomic E-state index is -0.317. The Labute approximate surface area is 124 Å². The van der Waals surface area contributed by atoms with Gasteiger partial charge in [0.15, 0.2) is 5.75 Å². The SMILES string of the molecule is O=C(c1cc(Cl)c(O)c(Cl)c1)n1ccc2cccnc21. The number of nitrogens with zero attached hydrogens (tertiary/aromatic N) is 2. The van der Waals surface area contributed by atoms with E-state index in [4.69, 9.17) is 23.2 Å². The van der Waals surface area contributed by atoms with E-state index in [0.29, 0.717) is 5.65 Å². The van der Waals surface area contributed by atoms with Gasteiger partial charge in [0.2, 0.25) is 0 Å². The van der Waals surface area contributed by atoms with Crippen molar-refractivity contribution in [2.24, 2.45) is 0 Å². The summed E-state index contributed by atoms with van der Waals surface area (Å²) in [5.41, 5.74) is 0.832. The largest absolute Gasteiger partial charge is 0.505 e. The molecule has 0 atom stereocenters. The number of rotatable bonds is 1. The Bertz CT molecular complexity index is 804. The number of aromatic nitrogens is 2. The van der Waals surface area contributed by atoms with Gasteiger partial charge >= 0.3 is 0 Å². The second kappa shape index (κ2) is 4.81. The van der Waals surface area contributed by atoms with Crippen molar-refractivity contribution in [1.29, 1.82) is 0 Å². The summed E-state index contributed by atoms with van der Waals surface area (Å²) < 4.78 is 1.41. The average molecular weight is 307 g/mol. The topological polar surface area (TPSA) is 55.1 Å². The Kier molecular flexibility index (Phi) is 3.12. The van der Waals surface area contributed by atoms with Crippen LogP contribution in [0.4, 0.5) is 0 Å². The van der Waals surface area contributed by atoms with E-state index in [1.54, 1.807) is 24.5 Å². The van der Waals surface area contributed by atoms with Gasteiger partial charge in [-0.25, -0.2) is 4.98 Å². The zero-order valence-electron chi connectivity index (χ0n) is 10.0. The van der Waals surface area contributed by atoms with E-state index < -0.39 is 0 Å². The molecule has 0 radical (unpaired) electrons. The highest BCUT2D eigenvalue weighted by atomic mass is 35.5. The number of pyridine rings is 1. The second-order valence-electron chi connectivity index (χ2n) is 4.20. The molecule has 0 bridgehead atoms. The fourth-order valence-electron chi connectivity index (χ4n) is 1.96. The van der Waals surface area contributed by atoms with Gasteiger partial charge in [0.05, 0.1) is 10.0 Å². The first kappa shape index (κ1) is 13.0. The third-order valence-electron chi connectivity index (χ3n) is 2.93. The van der Waals surface area contributed by atoms with Crippen LogP contribution in [0, 0.1) is 0 Å². The molecule has 0 spiro atoms. The Hall–Kier alpha value is -2.04. The van der Waals surface area contributed by atoms with E-state index in [9.17, 15) is 9.90 Å². The number of benzene rings is 1. The number of halogens is 2. The molecule has 20 heavy (non-hydrogen) atoms. The van der Waals surface area contributed by atoms with Gasteiger partial charge in [-0.1, -0.05) is 23.2 Å². The van der Waals surface area contributed by atoms with Crippen molar-refractivity contribution in [3.05, 3.63) is 58.3 Å². The van der Waals surface area contributed by atoms with Crippen LogP contribution in [0.3, 0.4) is 0 Å². The minimum Gasteiger partial charge on any atom is -0.505 e. The van der Waals surface area contributed by atoms with Gasteiger partial charge in [0.25, 0.3) is 5.91 Å². The maximum atomic E-state index is 12.5. The molecule has 6 heteroatoms. The predicted octanol–water partition coefficient (Wildman–Crippen LogP) is 3.74. The quantitative estimate of drug-likeness (QED) is 0.745. The Morgan fingerprint density at radius 1 is 1.20 bits per heavy atom. The number of phenols is 1. The third-order valence-corrected chi connectivity index (χ3v) is 3.51. The fourth-order valence-corrected chi connectivity index (χ4v) is 2.45. The first-order chi connectivity index (χ1) is 9.58. The molecule has 0 aliphatic rings. The highest BCUT2D eigenvalue weighted by Crippen LogP contribution is 2.33. The van der Waals surface area contributed by atoms with Gasteiger partial charge < -0.3 is 5.11 Å². The summed E-state index contributed by atoms with van der Waals surface area (Å²) in [7, 11) is 0. The third kappa shape index (κ3) is 2.03. The molecule has 3 rings (SSSR count). The van der Waals surface area contributed by atoms with E-state index in [1.165, 1.54) is 16.7 Å². The van der Waals surface area contributed by atoms with Crippen LogP contribution in [0.25, 0.3) is 11.0 Å². The lowest BCUT2D eigenvalue weighted by Gasteiger charge is -2.06. The summed E-state index contributed by atoms with van der Waals surface area (Å²) >= 11 is 11.7. The Morgan fingerprint density at radius 3 is 2.60 bits per heavy atom. The molecule has 0 amide bonds. The molecule has 4 nitrogen and oxygen atoms in total. The van der Waals surface area contributed by atoms with Crippen molar-refractivity contribution in [1.82, 2.24) is 9.55 Å². The maximum Gasteiger partial charge on any atom is 0.263 e. The van der Waals surface area contributed by atoms with Crippen molar-refractivity contribution >= 4 is 40.1 Å². The van der Waals surface area contributed by atoms with Crippen LogP contribution < -0.4 is 0 Å². The van der Waals surface area contributed by atoms with Crippen LogP contribution in [0.1, 0.15) is 10.4 Å². The smallest absolute Gasteiger partial charge is 0.263 e. The summed E-state index contributed by atoms with van der Waals surface area (Å²) in [6.07, 6.45) is 3.25. The molecule has 0 unspecified atom stereocenters. The number of aromatic hydroxyl groups is 1. The molecular weight excluding hydrogens is 299 g/mol. The zero-order valence-corrected chi connectivity index (χ0v) is 11.6. The molecule has 1 N–H and O–H groups in total. The summed E-state index contributed by atoms with van der Waals surface area (Å²) in [4.78, 5) is 16.6. The van der Waals surface area contributed by atoms with Crippen LogP contribution in [-0.4, -0.2) is 20.6 Å². The molecule has 2 aromatic heterocycles. The lowest BCUT2D eigenvalue weighted by Crippen LogP contribution is -2.11. The van der Waals surface area contributed by atoms with Crippen molar-refractivity contribution < 1.29 is 9.90 Å². The van der Waals surface area contributed by atoms with Crippen molar-refractivity contribution in [2.75, 3.05) is 0 Å². The molecular formula is C14H8Cl2N2O2. The molecule has 0 saturated heterocycles. The minimum absolute atomic E-state index is 0.0327. The molecule has 0 fully saturated rings. The number of hydrogen-bond donors (Lipinski definition) is 1. The van der Waals surface area contributed by atoms with Gasteiger partial charge in [-0.05, 0) is 30.3 Å². The van der Waals surface area contributed by atoms with Gasteiger partial charge in [0, 0.05) is 23.3 Å². The lowest BCUT2D eigenvalue weighted by molar-refractivity contribution is 0.0964. The second-order valence-corrected chi connectivity index (χ2v) is 5.01. The molecule has 0 aliphatic heterocycles. The number of fused-ring (bicyclic) bond motifs is 1.